The summed E-state index contributed by atoms with van der Waals surface area (Å²) in [6.45, 7) is 0. The average Bonchev–Trinajstić information content (AvgIpc) is 1.64. The van der Waals surface area contributed by atoms with E-state index >= 15 is 0 Å². The second kappa shape index (κ2) is 7.32. The Morgan fingerprint density at radius 1 is 1.00 bits per heavy atom. The molecule has 0 bridgehead atoms. The van der Waals surface area contributed by atoms with Gasteiger partial charge in [0, 0.05) is 6.07 Å². The zero-order chi connectivity index (χ0) is 5.98. The third kappa shape index (κ3) is 5.33. The third-order valence-corrected chi connectivity index (χ3v) is 1.01. The minimum absolute atomic E-state index is 0. The Bertz CT molecular complexity index is 179. The molecule has 46 valence electrons. The van der Waals surface area contributed by atoms with Crippen molar-refractivity contribution in [2.75, 3.05) is 0 Å². The predicted octanol–water partition coefficient (Wildman–Crippen LogP) is 0.486. The number of halogens is 2. The summed E-state index contributed by atoms with van der Waals surface area (Å²) in [7, 11) is 0. The molecule has 1 heterocycles. The Morgan fingerprint density at radius 3 is 1.60 bits per heavy atom. The maximum absolute atomic E-state index is 5.41. The Morgan fingerprint density at radius 2 is 1.40 bits per heavy atom. The molecule has 0 aliphatic carbocycles. The van der Waals surface area contributed by atoms with Crippen LogP contribution >= 0.6 is 23.2 Å². The van der Waals surface area contributed by atoms with Crippen molar-refractivity contribution in [1.29, 1.82) is 0 Å². The van der Waals surface area contributed by atoms with Gasteiger partial charge in [-0.15, -0.1) is 0 Å². The number of hydrogen-bond donors (Lipinski definition) is 0. The monoisotopic (exact) mass is 196 g/mol. The molecule has 0 saturated heterocycles. The van der Waals surface area contributed by atoms with Crippen LogP contribution in [-0.4, -0.2) is 69.1 Å². The van der Waals surface area contributed by atoms with Crippen molar-refractivity contribution in [3.8, 4) is 0 Å². The van der Waals surface area contributed by atoms with Gasteiger partial charge in [0.2, 0.25) is 0 Å². The van der Waals surface area contributed by atoms with Crippen molar-refractivity contribution in [2.45, 2.75) is 0 Å². The first-order valence-electron chi connectivity index (χ1n) is 1.92. The number of hydrogen-bond acceptors (Lipinski definition) is 2. The molecule has 0 atom stereocenters. The summed E-state index contributed by atoms with van der Waals surface area (Å²) >= 11 is 10.8. The van der Waals surface area contributed by atoms with Gasteiger partial charge in [-0.2, -0.15) is 0 Å². The average molecular weight is 197 g/mol. The number of aromatic nitrogens is 2. The zero-order valence-electron chi connectivity index (χ0n) is 3.81. The third-order valence-electron chi connectivity index (χ3n) is 0.600. The van der Waals surface area contributed by atoms with Crippen LogP contribution in [0.2, 0.25) is 10.3 Å². The molecular formula is C4H4Cl2N2Na2. The number of nitrogens with zero attached hydrogens (tertiary/aromatic N) is 2. The summed E-state index contributed by atoms with van der Waals surface area (Å²) in [5, 5.41) is 0.731. The second-order valence-electron chi connectivity index (χ2n) is 1.16. The van der Waals surface area contributed by atoms with Crippen molar-refractivity contribution in [2.24, 2.45) is 0 Å². The Kier molecular flexibility index (Phi) is 10.4. The molecule has 0 N–H and O–H groups in total. The van der Waals surface area contributed by atoms with Gasteiger partial charge in [0.1, 0.15) is 16.6 Å². The van der Waals surface area contributed by atoms with Crippen molar-refractivity contribution in [1.82, 2.24) is 9.97 Å². The van der Waals surface area contributed by atoms with Crippen LogP contribution < -0.4 is 0 Å². The van der Waals surface area contributed by atoms with Crippen LogP contribution in [0.5, 0.6) is 0 Å². The Hall–Kier alpha value is 1.66. The molecule has 1 aromatic rings. The molecule has 6 heteroatoms. The Labute approximate surface area is 113 Å². The maximum atomic E-state index is 5.41. The molecule has 10 heavy (non-hydrogen) atoms. The second-order valence-corrected chi connectivity index (χ2v) is 1.94. The summed E-state index contributed by atoms with van der Waals surface area (Å²) in [5.41, 5.74) is 0. The summed E-state index contributed by atoms with van der Waals surface area (Å²) in [6, 6.07) is 1.48. The summed E-state index contributed by atoms with van der Waals surface area (Å²) in [4.78, 5) is 7.22. The van der Waals surface area contributed by atoms with Crippen LogP contribution in [-0.2, 0) is 0 Å². The van der Waals surface area contributed by atoms with E-state index in [9.17, 15) is 0 Å². The molecular weight excluding hydrogens is 193 g/mol. The quantitative estimate of drug-likeness (QED) is 0.446. The molecule has 0 aromatic carbocycles. The fourth-order valence-corrected chi connectivity index (χ4v) is 0.662. The molecule has 1 aromatic heterocycles. The van der Waals surface area contributed by atoms with Crippen LogP contribution in [0.25, 0.3) is 0 Å². The van der Waals surface area contributed by atoms with E-state index < -0.39 is 0 Å². The van der Waals surface area contributed by atoms with E-state index in [1.807, 2.05) is 0 Å². The Balaban J connectivity index is 0. The summed E-state index contributed by atoms with van der Waals surface area (Å²) < 4.78 is 0. The van der Waals surface area contributed by atoms with Gasteiger partial charge >= 0.3 is 59.1 Å². The molecule has 0 aliphatic rings. The summed E-state index contributed by atoms with van der Waals surface area (Å²) in [5.74, 6) is 0. The molecule has 0 amide bonds. The van der Waals surface area contributed by atoms with E-state index in [4.69, 9.17) is 23.2 Å². The van der Waals surface area contributed by atoms with Crippen LogP contribution in [0.3, 0.4) is 0 Å². The predicted molar refractivity (Wildman–Crippen MR) is 46.4 cm³/mol. The number of rotatable bonds is 0. The van der Waals surface area contributed by atoms with E-state index in [1.54, 1.807) is 0 Å². The molecule has 0 spiro atoms. The van der Waals surface area contributed by atoms with Crippen LogP contribution in [0.15, 0.2) is 12.4 Å². The molecule has 0 aliphatic heterocycles. The fourth-order valence-electron chi connectivity index (χ4n) is 0.312. The minimum atomic E-state index is 0. The first-order valence-corrected chi connectivity index (χ1v) is 2.67. The van der Waals surface area contributed by atoms with Crippen molar-refractivity contribution < 1.29 is 0 Å². The van der Waals surface area contributed by atoms with E-state index in [0.29, 0.717) is 10.3 Å². The van der Waals surface area contributed by atoms with Crippen LogP contribution in [0.1, 0.15) is 0 Å². The van der Waals surface area contributed by atoms with E-state index in [-0.39, 0.29) is 59.1 Å². The SMILES string of the molecule is Clc1cc(Cl)ncn1.[NaH].[NaH]. The first kappa shape index (κ1) is 14.2. The molecule has 0 radical (unpaired) electrons. The molecule has 0 saturated carbocycles. The van der Waals surface area contributed by atoms with E-state index in [0.717, 1.165) is 0 Å². The first-order chi connectivity index (χ1) is 3.79. The van der Waals surface area contributed by atoms with Crippen LogP contribution in [0, 0.1) is 0 Å². The van der Waals surface area contributed by atoms with Crippen molar-refractivity contribution in [3.63, 3.8) is 0 Å². The van der Waals surface area contributed by atoms with Gasteiger partial charge in [-0.3, -0.25) is 0 Å². The standard InChI is InChI=1S/C4H2Cl2N2.2Na.2H/c5-3-1-4(6)8-2-7-3;;;;/h1-2H;;;;. The zero-order valence-corrected chi connectivity index (χ0v) is 5.32. The van der Waals surface area contributed by atoms with Gasteiger partial charge < -0.3 is 0 Å². The van der Waals surface area contributed by atoms with Crippen molar-refractivity contribution >= 4 is 82.3 Å². The molecule has 1 rings (SSSR count). The van der Waals surface area contributed by atoms with Crippen LogP contribution in [0.4, 0.5) is 0 Å². The van der Waals surface area contributed by atoms with Crippen molar-refractivity contribution in [3.05, 3.63) is 22.7 Å². The summed E-state index contributed by atoms with van der Waals surface area (Å²) in [6.07, 6.45) is 1.31. The van der Waals surface area contributed by atoms with Gasteiger partial charge in [0.05, 0.1) is 0 Å². The topological polar surface area (TPSA) is 25.8 Å². The van der Waals surface area contributed by atoms with E-state index in [1.165, 1.54) is 12.4 Å². The molecule has 0 fully saturated rings. The van der Waals surface area contributed by atoms with Gasteiger partial charge in [-0.25, -0.2) is 9.97 Å². The van der Waals surface area contributed by atoms with Gasteiger partial charge in [-0.05, 0) is 0 Å². The normalized spacial score (nSPS) is 7.40. The van der Waals surface area contributed by atoms with Gasteiger partial charge in [-0.1, -0.05) is 23.2 Å². The molecule has 2 nitrogen and oxygen atoms in total. The van der Waals surface area contributed by atoms with Gasteiger partial charge in [0.25, 0.3) is 0 Å². The molecule has 0 unspecified atom stereocenters. The van der Waals surface area contributed by atoms with Gasteiger partial charge in [0.15, 0.2) is 0 Å². The van der Waals surface area contributed by atoms with E-state index in [2.05, 4.69) is 9.97 Å². The fraction of sp³-hybridized carbons (Fsp3) is 0.